The van der Waals surface area contributed by atoms with Crippen LogP contribution >= 0.6 is 0 Å². The first-order chi connectivity index (χ1) is 5.07. The van der Waals surface area contributed by atoms with Gasteiger partial charge in [0, 0.05) is 0 Å². The van der Waals surface area contributed by atoms with E-state index in [2.05, 4.69) is 4.79 Å². The fourth-order valence-corrected chi connectivity index (χ4v) is 0.328. The van der Waals surface area contributed by atoms with Gasteiger partial charge in [0.2, 0.25) is 6.39 Å². The van der Waals surface area contributed by atoms with E-state index in [1.807, 2.05) is 5.32 Å². The van der Waals surface area contributed by atoms with Crippen molar-refractivity contribution in [3.8, 4) is 0 Å². The maximum atomic E-state index is 10.7. The summed E-state index contributed by atoms with van der Waals surface area (Å²) in [5, 5.41) is 2.00. The van der Waals surface area contributed by atoms with Crippen LogP contribution in [0.1, 0.15) is 8.29 Å². The second-order valence-electron chi connectivity index (χ2n) is 1.62. The summed E-state index contributed by atoms with van der Waals surface area (Å²) < 4.78 is 6.42. The molecule has 0 spiro atoms. The van der Waals surface area contributed by atoms with Crippen molar-refractivity contribution in [2.24, 2.45) is 0 Å². The average molecular weight is 142 g/mol. The molecule has 0 radical (unpaired) electrons. The molecule has 0 saturated heterocycles. The van der Waals surface area contributed by atoms with Gasteiger partial charge in [-0.3, -0.25) is 9.59 Å². The van der Waals surface area contributed by atoms with Crippen molar-refractivity contribution in [2.45, 2.75) is 13.0 Å². The highest BCUT2D eigenvalue weighted by Crippen LogP contribution is 1.77. The number of carbonyl (C=O) groups is 2. The number of carbonyl (C=O) groups excluding carboxylic acids is 2. The van der Waals surface area contributed by atoms with Crippen molar-refractivity contribution in [3.63, 3.8) is 0 Å². The van der Waals surface area contributed by atoms with E-state index in [0.29, 0.717) is 6.21 Å². The predicted octanol–water partition coefficient (Wildman–Crippen LogP) is -1.01. The van der Waals surface area contributed by atoms with Crippen molar-refractivity contribution in [3.05, 3.63) is 5.53 Å². The topological polar surface area (TPSA) is 82.6 Å². The Morgan fingerprint density at radius 2 is 2.60 bits per heavy atom. The van der Waals surface area contributed by atoms with Crippen LogP contribution in [0.2, 0.25) is 0 Å². The number of ketones is 1. The fraction of sp³-hybridized carbons (Fsp3) is 0.400. The van der Waals surface area contributed by atoms with Gasteiger partial charge in [-0.25, -0.2) is 0 Å². The smallest absolute Gasteiger partial charge is 0.325 e. The fourth-order valence-electron chi connectivity index (χ4n) is 0.328. The number of rotatable bonds is 3. The molecule has 1 unspecified atom stereocenters. The number of amides is 1. The van der Waals surface area contributed by atoms with Gasteiger partial charge < -0.3 is 10.8 Å². The second-order valence-corrected chi connectivity index (χ2v) is 1.62. The van der Waals surface area contributed by atoms with Gasteiger partial charge >= 0.3 is 6.21 Å². The van der Waals surface area contributed by atoms with Crippen LogP contribution in [0.15, 0.2) is 0 Å². The Balaban J connectivity index is 4.02. The summed E-state index contributed by atoms with van der Waals surface area (Å²) in [5.74, 6) is -0.562. The standard InChI is InChI=1S/C5H7N3O2/c1-4(7-3-9)5(10)2-8-6/h2-4H,1H3,(H,7,9)/i3D. The molecule has 0 aromatic rings. The molecule has 0 aliphatic rings. The van der Waals surface area contributed by atoms with Gasteiger partial charge in [0.05, 0.1) is 6.04 Å². The number of Topliss-reactive ketones (excluding diaryl/α,β-unsaturated/α-hetero) is 1. The number of nitrogens with zero attached hydrogens (tertiary/aromatic N) is 2. The van der Waals surface area contributed by atoms with Crippen LogP contribution in [0.4, 0.5) is 0 Å². The van der Waals surface area contributed by atoms with E-state index >= 15 is 0 Å². The first kappa shape index (κ1) is 6.64. The summed E-state index contributed by atoms with van der Waals surface area (Å²) in [6.45, 7) is 1.39. The van der Waals surface area contributed by atoms with Crippen LogP contribution in [0.3, 0.4) is 0 Å². The molecule has 54 valence electrons. The Kier molecular flexibility index (Phi) is 2.92. The normalized spacial score (nSPS) is 12.3. The molecule has 0 aromatic carbocycles. The highest BCUT2D eigenvalue weighted by Gasteiger charge is 2.11. The van der Waals surface area contributed by atoms with Crippen molar-refractivity contribution < 1.29 is 15.7 Å². The summed E-state index contributed by atoms with van der Waals surface area (Å²) in [4.78, 5) is 23.2. The van der Waals surface area contributed by atoms with Crippen molar-refractivity contribution in [1.82, 2.24) is 5.32 Å². The van der Waals surface area contributed by atoms with Gasteiger partial charge in [-0.2, -0.15) is 4.79 Å². The minimum atomic E-state index is -1.04. The molecule has 0 aromatic heterocycles. The number of nitrogens with one attached hydrogen (secondary N) is 1. The predicted molar refractivity (Wildman–Crippen MR) is 33.4 cm³/mol. The number of hydrogen-bond donors (Lipinski definition) is 1. The minimum absolute atomic E-state index is 0.562. The summed E-state index contributed by atoms with van der Waals surface area (Å²) in [7, 11) is 0. The lowest BCUT2D eigenvalue weighted by Crippen LogP contribution is -2.33. The Morgan fingerprint density at radius 1 is 2.00 bits per heavy atom. The zero-order chi connectivity index (χ0) is 8.85. The SMILES string of the molecule is [2H]C(=O)NC(C)C(=O)C=[N+]=[N-]. The van der Waals surface area contributed by atoms with Crippen LogP contribution in [-0.2, 0) is 9.59 Å². The molecule has 0 heterocycles. The monoisotopic (exact) mass is 142 g/mol. The molecule has 0 aliphatic heterocycles. The van der Waals surface area contributed by atoms with Crippen LogP contribution in [0.25, 0.3) is 5.53 Å². The molecule has 5 heteroatoms. The highest BCUT2D eigenvalue weighted by molar-refractivity contribution is 6.27. The molecule has 10 heavy (non-hydrogen) atoms. The third-order valence-corrected chi connectivity index (χ3v) is 0.887. The quantitative estimate of drug-likeness (QED) is 0.237. The van der Waals surface area contributed by atoms with E-state index in [9.17, 15) is 9.59 Å². The summed E-state index contributed by atoms with van der Waals surface area (Å²) in [5.41, 5.74) is 7.91. The Morgan fingerprint density at radius 3 is 3.00 bits per heavy atom. The van der Waals surface area contributed by atoms with E-state index in [1.165, 1.54) is 6.92 Å². The maximum absolute atomic E-state index is 10.7. The van der Waals surface area contributed by atoms with Gasteiger partial charge in [-0.15, -0.1) is 0 Å². The molecular weight excluding hydrogens is 134 g/mol. The molecule has 0 saturated carbocycles. The van der Waals surface area contributed by atoms with Crippen LogP contribution in [0, 0.1) is 0 Å². The zero-order valence-corrected chi connectivity index (χ0v) is 5.37. The molecule has 0 fully saturated rings. The van der Waals surface area contributed by atoms with Crippen molar-refractivity contribution in [2.75, 3.05) is 0 Å². The largest absolute Gasteiger partial charge is 0.361 e. The van der Waals surface area contributed by atoms with Crippen LogP contribution in [0.5, 0.6) is 0 Å². The van der Waals surface area contributed by atoms with Gasteiger partial charge in [0.1, 0.15) is 1.37 Å². The van der Waals surface area contributed by atoms with Crippen molar-refractivity contribution in [1.29, 1.82) is 0 Å². The first-order valence-corrected chi connectivity index (χ1v) is 2.56. The van der Waals surface area contributed by atoms with Gasteiger partial charge in [-0.1, -0.05) is 0 Å². The highest BCUT2D eigenvalue weighted by atomic mass is 16.1. The Labute approximate surface area is 59.1 Å². The third-order valence-electron chi connectivity index (χ3n) is 0.887. The maximum Gasteiger partial charge on any atom is 0.325 e. The molecule has 5 nitrogen and oxygen atoms in total. The van der Waals surface area contributed by atoms with Crippen LogP contribution < -0.4 is 5.32 Å². The van der Waals surface area contributed by atoms with Crippen LogP contribution in [-0.4, -0.2) is 29.2 Å². The van der Waals surface area contributed by atoms with E-state index in [4.69, 9.17) is 6.90 Å². The van der Waals surface area contributed by atoms with Crippen molar-refractivity contribution >= 4 is 18.4 Å². The lowest BCUT2D eigenvalue weighted by atomic mass is 10.2. The molecule has 1 amide bonds. The summed E-state index contributed by atoms with van der Waals surface area (Å²) in [6, 6.07) is -0.823. The Hall–Kier alpha value is -1.48. The van der Waals surface area contributed by atoms with E-state index in [-0.39, 0.29) is 0 Å². The van der Waals surface area contributed by atoms with E-state index < -0.39 is 18.2 Å². The third kappa shape index (κ3) is 2.74. The summed E-state index contributed by atoms with van der Waals surface area (Å²) in [6.07, 6.45) is -0.377. The second kappa shape index (κ2) is 4.40. The molecule has 1 atom stereocenters. The van der Waals surface area contributed by atoms with Gasteiger partial charge in [0.15, 0.2) is 0 Å². The average Bonchev–Trinajstić information content (AvgIpc) is 1.86. The molecule has 0 rings (SSSR count). The van der Waals surface area contributed by atoms with Gasteiger partial charge in [-0.05, 0) is 6.92 Å². The van der Waals surface area contributed by atoms with Gasteiger partial charge in [0.25, 0.3) is 5.78 Å². The number of hydrogen-bond acceptors (Lipinski definition) is 2. The minimum Gasteiger partial charge on any atom is -0.361 e. The summed E-state index contributed by atoms with van der Waals surface area (Å²) >= 11 is 0. The molecule has 0 aliphatic carbocycles. The first-order valence-electron chi connectivity index (χ1n) is 3.06. The zero-order valence-electron chi connectivity index (χ0n) is 6.37. The Bertz CT molecular complexity index is 222. The molecule has 1 N–H and O–H groups in total. The molecule has 0 bridgehead atoms. The lowest BCUT2D eigenvalue weighted by molar-refractivity contribution is -0.120. The molecular formula is C5H7N3O2. The van der Waals surface area contributed by atoms with E-state index in [0.717, 1.165) is 0 Å². The van der Waals surface area contributed by atoms with E-state index in [1.54, 1.807) is 0 Å². The lowest BCUT2D eigenvalue weighted by Gasteiger charge is -1.99.